The first kappa shape index (κ1) is 18.4. The van der Waals surface area contributed by atoms with Gasteiger partial charge in [-0.25, -0.2) is 0 Å². The van der Waals surface area contributed by atoms with Crippen LogP contribution in [0.2, 0.25) is 0 Å². The first-order chi connectivity index (χ1) is 12.5. The maximum absolute atomic E-state index is 12.8. The molecule has 0 spiro atoms. The smallest absolute Gasteiger partial charge is 0.165 e. The Morgan fingerprint density at radius 2 is 1.38 bits per heavy atom. The van der Waals surface area contributed by atoms with Crippen LogP contribution >= 0.6 is 15.9 Å². The van der Waals surface area contributed by atoms with Crippen LogP contribution in [-0.4, -0.2) is 5.78 Å². The van der Waals surface area contributed by atoms with Gasteiger partial charge >= 0.3 is 0 Å². The Labute approximate surface area is 163 Å². The second kappa shape index (κ2) is 8.33. The van der Waals surface area contributed by atoms with Crippen molar-refractivity contribution in [3.8, 4) is 0 Å². The molecule has 1 atom stereocenters. The number of nitrogens with one attached hydrogen (secondary N) is 1. The average Bonchev–Trinajstić information content (AvgIpc) is 2.64. The number of rotatable bonds is 6. The van der Waals surface area contributed by atoms with Gasteiger partial charge in [-0.1, -0.05) is 75.6 Å². The molecule has 0 bridgehead atoms. The minimum Gasteiger partial charge on any atom is -0.378 e. The van der Waals surface area contributed by atoms with E-state index in [2.05, 4.69) is 64.6 Å². The molecule has 0 radical (unpaired) electrons. The van der Waals surface area contributed by atoms with E-state index in [1.54, 1.807) is 0 Å². The Morgan fingerprint density at radius 1 is 0.846 bits per heavy atom. The summed E-state index contributed by atoms with van der Waals surface area (Å²) in [5.74, 6) is 0.137. The highest BCUT2D eigenvalue weighted by atomic mass is 79.9. The highest BCUT2D eigenvalue weighted by molar-refractivity contribution is 9.10. The number of anilines is 1. The van der Waals surface area contributed by atoms with Crippen molar-refractivity contribution in [2.75, 3.05) is 5.32 Å². The molecule has 0 unspecified atom stereocenters. The van der Waals surface area contributed by atoms with Crippen molar-refractivity contribution in [2.45, 2.75) is 26.3 Å². The molecule has 2 nitrogen and oxygen atoms in total. The van der Waals surface area contributed by atoms with Gasteiger partial charge in [0, 0.05) is 22.1 Å². The lowest BCUT2D eigenvalue weighted by atomic mass is 9.97. The fraction of sp³-hybridized carbons (Fsp3) is 0.174. The normalized spacial score (nSPS) is 11.8. The van der Waals surface area contributed by atoms with Crippen molar-refractivity contribution in [1.82, 2.24) is 0 Å². The lowest BCUT2D eigenvalue weighted by Gasteiger charge is -2.20. The van der Waals surface area contributed by atoms with E-state index >= 15 is 0 Å². The standard InChI is InChI=1S/C23H22BrNO/c1-16-3-7-19(8-4-16)23(26)15-22(18-9-11-20(24)12-10-18)25-21-13-5-17(2)6-14-21/h3-14,22,25H,15H2,1-2H3/t22-/m0/s1. The van der Waals surface area contributed by atoms with Crippen LogP contribution in [0.15, 0.2) is 77.3 Å². The summed E-state index contributed by atoms with van der Waals surface area (Å²) in [6, 6.07) is 24.1. The minimum absolute atomic E-state index is 0.0837. The van der Waals surface area contributed by atoms with Gasteiger partial charge in [0.05, 0.1) is 6.04 Å². The molecule has 0 saturated carbocycles. The van der Waals surface area contributed by atoms with E-state index in [0.717, 1.165) is 26.9 Å². The van der Waals surface area contributed by atoms with E-state index in [4.69, 9.17) is 0 Å². The van der Waals surface area contributed by atoms with Crippen LogP contribution < -0.4 is 5.32 Å². The molecule has 3 aromatic carbocycles. The second-order valence-corrected chi connectivity index (χ2v) is 7.52. The molecule has 26 heavy (non-hydrogen) atoms. The van der Waals surface area contributed by atoms with Crippen molar-refractivity contribution < 1.29 is 4.79 Å². The molecule has 0 heterocycles. The monoisotopic (exact) mass is 407 g/mol. The molecule has 0 fully saturated rings. The zero-order chi connectivity index (χ0) is 18.5. The van der Waals surface area contributed by atoms with E-state index < -0.39 is 0 Å². The number of aryl methyl sites for hydroxylation is 2. The number of ketones is 1. The third-order valence-corrected chi connectivity index (χ3v) is 4.96. The van der Waals surface area contributed by atoms with Crippen LogP contribution in [0.1, 0.15) is 39.5 Å². The lowest BCUT2D eigenvalue weighted by molar-refractivity contribution is 0.0976. The third kappa shape index (κ3) is 4.83. The van der Waals surface area contributed by atoms with E-state index in [1.165, 1.54) is 5.56 Å². The number of benzene rings is 3. The van der Waals surface area contributed by atoms with Gasteiger partial charge < -0.3 is 5.32 Å². The van der Waals surface area contributed by atoms with E-state index in [0.29, 0.717) is 6.42 Å². The van der Waals surface area contributed by atoms with E-state index in [-0.39, 0.29) is 11.8 Å². The molecule has 0 saturated heterocycles. The van der Waals surface area contributed by atoms with Gasteiger partial charge in [0.2, 0.25) is 0 Å². The number of hydrogen-bond donors (Lipinski definition) is 1. The Morgan fingerprint density at radius 3 is 1.96 bits per heavy atom. The number of hydrogen-bond acceptors (Lipinski definition) is 2. The molecule has 0 aliphatic heterocycles. The highest BCUT2D eigenvalue weighted by Crippen LogP contribution is 2.26. The van der Waals surface area contributed by atoms with Crippen LogP contribution in [-0.2, 0) is 0 Å². The van der Waals surface area contributed by atoms with Crippen LogP contribution in [0.3, 0.4) is 0 Å². The Balaban J connectivity index is 1.84. The van der Waals surface area contributed by atoms with Crippen LogP contribution in [0.5, 0.6) is 0 Å². The summed E-state index contributed by atoms with van der Waals surface area (Å²) >= 11 is 3.48. The van der Waals surface area contributed by atoms with Gasteiger partial charge in [-0.15, -0.1) is 0 Å². The summed E-state index contributed by atoms with van der Waals surface area (Å²) in [7, 11) is 0. The molecule has 3 heteroatoms. The van der Waals surface area contributed by atoms with Crippen LogP contribution in [0, 0.1) is 13.8 Å². The quantitative estimate of drug-likeness (QED) is 0.472. The Kier molecular flexibility index (Phi) is 5.89. The average molecular weight is 408 g/mol. The first-order valence-corrected chi connectivity index (χ1v) is 9.49. The van der Waals surface area contributed by atoms with Crippen LogP contribution in [0.4, 0.5) is 5.69 Å². The van der Waals surface area contributed by atoms with Gasteiger partial charge in [0.25, 0.3) is 0 Å². The number of carbonyl (C=O) groups is 1. The summed E-state index contributed by atoms with van der Waals surface area (Å²) in [6.45, 7) is 4.09. The topological polar surface area (TPSA) is 29.1 Å². The Bertz CT molecular complexity index is 868. The molecule has 132 valence electrons. The summed E-state index contributed by atoms with van der Waals surface area (Å²) in [4.78, 5) is 12.8. The fourth-order valence-corrected chi connectivity index (χ4v) is 3.11. The van der Waals surface area contributed by atoms with Gasteiger partial charge in [-0.2, -0.15) is 0 Å². The molecular formula is C23H22BrNO. The molecule has 0 aromatic heterocycles. The van der Waals surface area contributed by atoms with E-state index in [1.807, 2.05) is 43.3 Å². The maximum Gasteiger partial charge on any atom is 0.165 e. The van der Waals surface area contributed by atoms with Crippen molar-refractivity contribution in [1.29, 1.82) is 0 Å². The van der Waals surface area contributed by atoms with Crippen molar-refractivity contribution >= 4 is 27.4 Å². The third-order valence-electron chi connectivity index (χ3n) is 4.43. The van der Waals surface area contributed by atoms with E-state index in [9.17, 15) is 4.79 Å². The van der Waals surface area contributed by atoms with Gasteiger partial charge in [0.1, 0.15) is 0 Å². The fourth-order valence-electron chi connectivity index (χ4n) is 2.84. The number of Topliss-reactive ketones (excluding diaryl/α,β-unsaturated/α-hetero) is 1. The molecule has 1 N–H and O–H groups in total. The SMILES string of the molecule is Cc1ccc(N[C@@H](CC(=O)c2ccc(C)cc2)c2ccc(Br)cc2)cc1. The van der Waals surface area contributed by atoms with Gasteiger partial charge in [-0.3, -0.25) is 4.79 Å². The van der Waals surface area contributed by atoms with Crippen molar-refractivity contribution in [3.05, 3.63) is 99.5 Å². The second-order valence-electron chi connectivity index (χ2n) is 6.61. The minimum atomic E-state index is -0.0837. The summed E-state index contributed by atoms with van der Waals surface area (Å²) < 4.78 is 1.03. The number of carbonyl (C=O) groups excluding carboxylic acids is 1. The highest BCUT2D eigenvalue weighted by Gasteiger charge is 2.17. The largest absolute Gasteiger partial charge is 0.378 e. The molecular weight excluding hydrogens is 386 g/mol. The van der Waals surface area contributed by atoms with Crippen molar-refractivity contribution in [3.63, 3.8) is 0 Å². The zero-order valence-electron chi connectivity index (χ0n) is 15.0. The summed E-state index contributed by atoms with van der Waals surface area (Å²) in [6.07, 6.45) is 0.401. The van der Waals surface area contributed by atoms with Crippen molar-refractivity contribution in [2.24, 2.45) is 0 Å². The molecule has 0 amide bonds. The molecule has 0 aliphatic carbocycles. The molecule has 3 aromatic rings. The number of halogens is 1. The molecule has 3 rings (SSSR count). The zero-order valence-corrected chi connectivity index (χ0v) is 16.6. The predicted octanol–water partition coefficient (Wildman–Crippen LogP) is 6.49. The Hall–Kier alpha value is -2.39. The van der Waals surface area contributed by atoms with Gasteiger partial charge in [-0.05, 0) is 43.7 Å². The maximum atomic E-state index is 12.8. The molecule has 0 aliphatic rings. The first-order valence-electron chi connectivity index (χ1n) is 8.70. The summed E-state index contributed by atoms with van der Waals surface area (Å²) in [5, 5.41) is 3.52. The van der Waals surface area contributed by atoms with Gasteiger partial charge in [0.15, 0.2) is 5.78 Å². The lowest BCUT2D eigenvalue weighted by Crippen LogP contribution is -2.16. The summed E-state index contributed by atoms with van der Waals surface area (Å²) in [5.41, 5.74) is 5.23. The van der Waals surface area contributed by atoms with Crippen LogP contribution in [0.25, 0.3) is 0 Å². The predicted molar refractivity (Wildman–Crippen MR) is 112 cm³/mol.